The summed E-state index contributed by atoms with van der Waals surface area (Å²) in [7, 11) is 1.56. The topological polar surface area (TPSA) is 77.9 Å². The zero-order valence-electron chi connectivity index (χ0n) is 19.8. The van der Waals surface area contributed by atoms with Crippen LogP contribution in [0.1, 0.15) is 16.1 Å². The van der Waals surface area contributed by atoms with E-state index in [1.54, 1.807) is 44.4 Å². The molecule has 0 bridgehead atoms. The first-order valence-corrected chi connectivity index (χ1v) is 11.9. The maximum atomic E-state index is 13.1. The van der Waals surface area contributed by atoms with Gasteiger partial charge in [0.1, 0.15) is 28.9 Å². The quantitative estimate of drug-likeness (QED) is 0.255. The van der Waals surface area contributed by atoms with Crippen molar-refractivity contribution in [3.05, 3.63) is 82.9 Å². The predicted molar refractivity (Wildman–Crippen MR) is 133 cm³/mol. The van der Waals surface area contributed by atoms with E-state index in [2.05, 4.69) is 0 Å². The van der Waals surface area contributed by atoms with E-state index >= 15 is 0 Å². The van der Waals surface area contributed by atoms with Crippen LogP contribution in [0.5, 0.6) is 17.2 Å². The first kappa shape index (κ1) is 26.0. The number of halogens is 3. The van der Waals surface area contributed by atoms with Gasteiger partial charge in [-0.3, -0.25) is 0 Å². The van der Waals surface area contributed by atoms with Crippen molar-refractivity contribution in [3.8, 4) is 38.9 Å². The lowest BCUT2D eigenvalue weighted by atomic mass is 10.1. The van der Waals surface area contributed by atoms with E-state index in [1.807, 2.05) is 12.1 Å². The summed E-state index contributed by atoms with van der Waals surface area (Å²) >= 11 is 1.33. The highest BCUT2D eigenvalue weighted by Gasteiger charge is 2.30. The van der Waals surface area contributed by atoms with Gasteiger partial charge >= 0.3 is 12.1 Å². The highest BCUT2D eigenvalue weighted by atomic mass is 32.1. The number of benzene rings is 3. The standard InChI is InChI=1S/C27H22F3NO5S/c1-16-13-21(11-12-22(16)36-15-24(32)33)35-14-23-31-25(17-5-9-20(34-2)10-6-17)26(37-23)18-3-7-19(8-4-18)27(28,29)30/h3-13H,14-15H2,1-2H3,(H,32,33). The van der Waals surface area contributed by atoms with E-state index in [4.69, 9.17) is 24.3 Å². The molecule has 4 aromatic rings. The lowest BCUT2D eigenvalue weighted by Crippen LogP contribution is -2.10. The van der Waals surface area contributed by atoms with Crippen LogP contribution in [0.15, 0.2) is 66.7 Å². The van der Waals surface area contributed by atoms with Crippen LogP contribution in [0, 0.1) is 6.92 Å². The smallest absolute Gasteiger partial charge is 0.416 e. The van der Waals surface area contributed by atoms with Gasteiger partial charge in [-0.05, 0) is 72.6 Å². The van der Waals surface area contributed by atoms with Crippen LogP contribution in [0.4, 0.5) is 13.2 Å². The molecule has 1 heterocycles. The number of alkyl halides is 3. The molecule has 0 aliphatic heterocycles. The Morgan fingerprint density at radius 3 is 2.19 bits per heavy atom. The number of hydrogen-bond acceptors (Lipinski definition) is 6. The molecule has 37 heavy (non-hydrogen) atoms. The summed E-state index contributed by atoms with van der Waals surface area (Å²) in [4.78, 5) is 16.2. The number of aliphatic carboxylic acids is 1. The molecule has 0 aliphatic carbocycles. The zero-order chi connectivity index (χ0) is 26.6. The minimum Gasteiger partial charge on any atom is -0.497 e. The maximum Gasteiger partial charge on any atom is 0.416 e. The highest BCUT2D eigenvalue weighted by molar-refractivity contribution is 7.15. The summed E-state index contributed by atoms with van der Waals surface area (Å²) in [6.45, 7) is 1.46. The molecule has 0 unspecified atom stereocenters. The number of methoxy groups -OCH3 is 1. The van der Waals surface area contributed by atoms with E-state index in [0.717, 1.165) is 17.7 Å². The zero-order valence-corrected chi connectivity index (χ0v) is 20.7. The fourth-order valence-electron chi connectivity index (χ4n) is 3.54. The number of hydrogen-bond donors (Lipinski definition) is 1. The second-order valence-corrected chi connectivity index (χ2v) is 9.07. The molecule has 0 aliphatic rings. The fourth-order valence-corrected chi connectivity index (χ4v) is 4.54. The molecular formula is C27H22F3NO5S. The van der Waals surface area contributed by atoms with Gasteiger partial charge in [0.05, 0.1) is 23.2 Å². The van der Waals surface area contributed by atoms with E-state index in [-0.39, 0.29) is 6.61 Å². The van der Waals surface area contributed by atoms with E-state index in [1.165, 1.54) is 23.5 Å². The molecule has 0 amide bonds. The Hall–Kier alpha value is -4.05. The van der Waals surface area contributed by atoms with Gasteiger partial charge in [-0.15, -0.1) is 11.3 Å². The van der Waals surface area contributed by atoms with Crippen molar-refractivity contribution >= 4 is 17.3 Å². The van der Waals surface area contributed by atoms with E-state index < -0.39 is 24.3 Å². The van der Waals surface area contributed by atoms with Crippen LogP contribution in [0.3, 0.4) is 0 Å². The lowest BCUT2D eigenvalue weighted by Gasteiger charge is -2.09. The second-order valence-electron chi connectivity index (χ2n) is 7.99. The summed E-state index contributed by atoms with van der Waals surface area (Å²) in [6, 6.07) is 17.3. The molecule has 0 atom stereocenters. The van der Waals surface area contributed by atoms with Crippen LogP contribution in [0.25, 0.3) is 21.7 Å². The maximum absolute atomic E-state index is 13.1. The number of aryl methyl sites for hydroxylation is 1. The lowest BCUT2D eigenvalue weighted by molar-refractivity contribution is -0.139. The molecule has 192 valence electrons. The average Bonchev–Trinajstić information content (AvgIpc) is 3.31. The number of thiazole rings is 1. The van der Waals surface area contributed by atoms with Gasteiger partial charge in [-0.25, -0.2) is 9.78 Å². The Balaban J connectivity index is 1.60. The number of carbonyl (C=O) groups is 1. The van der Waals surface area contributed by atoms with Crippen molar-refractivity contribution < 1.29 is 37.3 Å². The van der Waals surface area contributed by atoms with Crippen LogP contribution < -0.4 is 14.2 Å². The van der Waals surface area contributed by atoms with Crippen LogP contribution in [0.2, 0.25) is 0 Å². The molecule has 10 heteroatoms. The molecule has 0 fully saturated rings. The minimum absolute atomic E-state index is 0.128. The van der Waals surface area contributed by atoms with Gasteiger partial charge < -0.3 is 19.3 Å². The monoisotopic (exact) mass is 529 g/mol. The number of nitrogens with zero attached hydrogens (tertiary/aromatic N) is 1. The first-order chi connectivity index (χ1) is 17.6. The summed E-state index contributed by atoms with van der Waals surface area (Å²) in [6.07, 6.45) is -4.42. The third-order valence-corrected chi connectivity index (χ3v) is 6.45. The predicted octanol–water partition coefficient (Wildman–Crippen LogP) is 6.86. The summed E-state index contributed by atoms with van der Waals surface area (Å²) < 4.78 is 55.5. The van der Waals surface area contributed by atoms with Crippen molar-refractivity contribution in [2.24, 2.45) is 0 Å². The SMILES string of the molecule is COc1ccc(-c2nc(COc3ccc(OCC(=O)O)c(C)c3)sc2-c2ccc(C(F)(F)F)cc2)cc1. The van der Waals surface area contributed by atoms with Crippen molar-refractivity contribution in [3.63, 3.8) is 0 Å². The molecule has 1 aromatic heterocycles. The summed E-state index contributed by atoms with van der Waals surface area (Å²) in [5.41, 5.74) is 2.01. The summed E-state index contributed by atoms with van der Waals surface area (Å²) in [5, 5.41) is 9.41. The van der Waals surface area contributed by atoms with Gasteiger partial charge in [0.25, 0.3) is 0 Å². The molecule has 0 saturated heterocycles. The number of carboxylic acid groups (broad SMARTS) is 1. The molecule has 4 rings (SSSR count). The van der Waals surface area contributed by atoms with Crippen molar-refractivity contribution in [2.75, 3.05) is 13.7 Å². The van der Waals surface area contributed by atoms with E-state index in [9.17, 15) is 18.0 Å². The van der Waals surface area contributed by atoms with Gasteiger partial charge in [0.15, 0.2) is 6.61 Å². The van der Waals surface area contributed by atoms with Gasteiger partial charge in [-0.1, -0.05) is 12.1 Å². The number of aromatic nitrogens is 1. The van der Waals surface area contributed by atoms with Crippen molar-refractivity contribution in [1.29, 1.82) is 0 Å². The van der Waals surface area contributed by atoms with Crippen LogP contribution >= 0.6 is 11.3 Å². The van der Waals surface area contributed by atoms with E-state index in [0.29, 0.717) is 44.0 Å². The Bertz CT molecular complexity index is 1380. The minimum atomic E-state index is -4.42. The number of ether oxygens (including phenoxy) is 3. The van der Waals surface area contributed by atoms with Gasteiger partial charge in [0.2, 0.25) is 0 Å². The van der Waals surface area contributed by atoms with Crippen LogP contribution in [-0.4, -0.2) is 29.8 Å². The Kier molecular flexibility index (Phi) is 7.68. The van der Waals surface area contributed by atoms with Gasteiger partial charge in [0, 0.05) is 5.56 Å². The second kappa shape index (κ2) is 10.9. The molecule has 0 spiro atoms. The van der Waals surface area contributed by atoms with Gasteiger partial charge in [-0.2, -0.15) is 13.2 Å². The fraction of sp³-hybridized carbons (Fsp3) is 0.185. The largest absolute Gasteiger partial charge is 0.497 e. The molecule has 0 saturated carbocycles. The normalized spacial score (nSPS) is 11.3. The number of rotatable bonds is 9. The summed E-state index contributed by atoms with van der Waals surface area (Å²) in [5.74, 6) is 0.581. The highest BCUT2D eigenvalue weighted by Crippen LogP contribution is 2.39. The molecule has 3 aromatic carbocycles. The third-order valence-electron chi connectivity index (χ3n) is 5.37. The molecular weight excluding hydrogens is 507 g/mol. The molecule has 0 radical (unpaired) electrons. The molecule has 1 N–H and O–H groups in total. The number of carboxylic acids is 1. The van der Waals surface area contributed by atoms with Crippen molar-refractivity contribution in [2.45, 2.75) is 19.7 Å². The Morgan fingerprint density at radius 1 is 0.946 bits per heavy atom. The third kappa shape index (κ3) is 6.39. The first-order valence-electron chi connectivity index (χ1n) is 11.0. The average molecular weight is 530 g/mol. The Labute approximate surface area is 214 Å². The van der Waals surface area contributed by atoms with Crippen LogP contribution in [-0.2, 0) is 17.6 Å². The van der Waals surface area contributed by atoms with Crippen molar-refractivity contribution in [1.82, 2.24) is 4.98 Å². The molecule has 6 nitrogen and oxygen atoms in total. The Morgan fingerprint density at radius 2 is 1.59 bits per heavy atom.